The summed E-state index contributed by atoms with van der Waals surface area (Å²) in [5.41, 5.74) is 3.38. The van der Waals surface area contributed by atoms with Gasteiger partial charge in [-0.05, 0) is 109 Å². The highest BCUT2D eigenvalue weighted by Gasteiger charge is 2.41. The third-order valence-corrected chi connectivity index (χ3v) is 12.2. The van der Waals surface area contributed by atoms with E-state index in [0.717, 1.165) is 27.6 Å². The number of halogens is 3. The average molecular weight is 845 g/mol. The summed E-state index contributed by atoms with van der Waals surface area (Å²) in [5, 5.41) is 16.2. The van der Waals surface area contributed by atoms with Crippen LogP contribution in [0.1, 0.15) is 27.0 Å². The van der Waals surface area contributed by atoms with Gasteiger partial charge in [0.25, 0.3) is 23.4 Å². The van der Waals surface area contributed by atoms with Crippen molar-refractivity contribution in [2.75, 3.05) is 15.1 Å². The lowest BCUT2D eigenvalue weighted by Gasteiger charge is -2.36. The molecule has 0 unspecified atom stereocenters. The van der Waals surface area contributed by atoms with Gasteiger partial charge in [-0.2, -0.15) is 0 Å². The van der Waals surface area contributed by atoms with Crippen molar-refractivity contribution in [1.29, 1.82) is 0 Å². The number of carbonyl (C=O) groups excluding carboxylic acids is 3. The first-order valence-corrected chi connectivity index (χ1v) is 19.4. The van der Waals surface area contributed by atoms with E-state index in [1.165, 1.54) is 39.3 Å². The Labute approximate surface area is 342 Å². The molecular weight excluding hydrogens is 821 g/mol. The number of hydrogen-bond donors (Lipinski definition) is 1. The summed E-state index contributed by atoms with van der Waals surface area (Å²) in [6, 6.07) is 26.3. The zero-order valence-electron chi connectivity index (χ0n) is 28.5. The number of hydrogen-bond acceptors (Lipinski definition) is 9. The molecule has 10 nitrogen and oxygen atoms in total. The fourth-order valence-corrected chi connectivity index (χ4v) is 8.70. The van der Waals surface area contributed by atoms with Crippen LogP contribution in [0.3, 0.4) is 0 Å². The molecule has 5 aromatic carbocycles. The van der Waals surface area contributed by atoms with Gasteiger partial charge in [0.2, 0.25) is 0 Å². The molecule has 2 heterocycles. The topological polar surface area (TPSA) is 126 Å². The monoisotopic (exact) mass is 843 g/mol. The fourth-order valence-electron chi connectivity index (χ4n) is 5.61. The number of benzene rings is 5. The van der Waals surface area contributed by atoms with Crippen LogP contribution in [0.15, 0.2) is 112 Å². The number of carbonyl (C=O) groups is 3. The molecule has 55 heavy (non-hydrogen) atoms. The van der Waals surface area contributed by atoms with Gasteiger partial charge < -0.3 is 5.32 Å². The van der Waals surface area contributed by atoms with Gasteiger partial charge in [0.1, 0.15) is 5.57 Å². The van der Waals surface area contributed by atoms with Crippen LogP contribution in [-0.2, 0) is 9.59 Å². The predicted molar refractivity (Wildman–Crippen MR) is 224 cm³/mol. The zero-order chi connectivity index (χ0) is 39.1. The van der Waals surface area contributed by atoms with Crippen LogP contribution >= 0.6 is 70.1 Å². The van der Waals surface area contributed by atoms with Crippen LogP contribution in [-0.4, -0.2) is 32.7 Å². The lowest BCUT2D eigenvalue weighted by molar-refractivity contribution is -0.387. The van der Waals surface area contributed by atoms with Crippen LogP contribution < -0.4 is 15.1 Å². The van der Waals surface area contributed by atoms with Gasteiger partial charge in [-0.3, -0.25) is 34.3 Å². The van der Waals surface area contributed by atoms with Gasteiger partial charge in [-0.15, -0.1) is 11.3 Å². The number of nitrogens with zero attached hydrogens (tertiary/aromatic N) is 4. The number of aryl methyl sites for hydroxylation is 2. The first-order valence-electron chi connectivity index (χ1n) is 16.2. The standard InChI is InChI=1S/C39H24Cl3N5O5S3/c1-20-7-11-24(18-29(20)41)45-36(49)27(37(50)46(39(45)53)25-12-8-21(2)30(42)19-25)15-22-9-14-33(32(16-22)47(51)52)54-38-44-31-13-10-23(17-34(31)55-38)43-35(48)26-5-3-4-6-28(26)40/h3-19H,1-2H3,(H,43,48). The maximum Gasteiger partial charge on any atom is 0.283 e. The van der Waals surface area contributed by atoms with Crippen LogP contribution in [0.4, 0.5) is 22.7 Å². The Morgan fingerprint density at radius 3 is 2.09 bits per heavy atom. The van der Waals surface area contributed by atoms with E-state index < -0.39 is 16.7 Å². The summed E-state index contributed by atoms with van der Waals surface area (Å²) >= 11 is 27.1. The Hall–Kier alpha value is -5.15. The van der Waals surface area contributed by atoms with Crippen molar-refractivity contribution in [3.63, 3.8) is 0 Å². The van der Waals surface area contributed by atoms with Crippen molar-refractivity contribution in [2.45, 2.75) is 23.1 Å². The zero-order valence-corrected chi connectivity index (χ0v) is 33.2. The maximum absolute atomic E-state index is 14.1. The highest BCUT2D eigenvalue weighted by molar-refractivity contribution is 8.01. The van der Waals surface area contributed by atoms with Crippen molar-refractivity contribution in [3.05, 3.63) is 150 Å². The molecule has 3 amide bonds. The fraction of sp³-hybridized carbons (Fsp3) is 0.0513. The Balaban J connectivity index is 1.21. The number of aromatic nitrogens is 1. The first kappa shape index (κ1) is 38.1. The number of nitro groups is 1. The minimum absolute atomic E-state index is 0.115. The molecule has 1 aromatic heterocycles. The second-order valence-electron chi connectivity index (χ2n) is 12.2. The molecule has 1 saturated heterocycles. The number of amides is 3. The number of fused-ring (bicyclic) bond motifs is 1. The summed E-state index contributed by atoms with van der Waals surface area (Å²) in [5.74, 6) is -1.83. The lowest BCUT2D eigenvalue weighted by atomic mass is 10.0. The van der Waals surface area contributed by atoms with Crippen LogP contribution in [0, 0.1) is 24.0 Å². The Kier molecular flexibility index (Phi) is 10.8. The Morgan fingerprint density at radius 1 is 0.855 bits per heavy atom. The maximum atomic E-state index is 14.1. The highest BCUT2D eigenvalue weighted by atomic mass is 35.5. The van der Waals surface area contributed by atoms with Crippen LogP contribution in [0.25, 0.3) is 16.3 Å². The van der Waals surface area contributed by atoms with Gasteiger partial charge >= 0.3 is 0 Å². The summed E-state index contributed by atoms with van der Waals surface area (Å²) in [6.07, 6.45) is 1.30. The average Bonchev–Trinajstić information content (AvgIpc) is 3.55. The van der Waals surface area contributed by atoms with Crippen LogP contribution in [0.5, 0.6) is 0 Å². The van der Waals surface area contributed by atoms with E-state index >= 15 is 0 Å². The molecular formula is C39H24Cl3N5O5S3. The van der Waals surface area contributed by atoms with Gasteiger partial charge in [-0.25, -0.2) is 4.98 Å². The molecule has 0 aliphatic carbocycles. The number of anilines is 3. The molecule has 0 saturated carbocycles. The van der Waals surface area contributed by atoms with Gasteiger partial charge in [0.05, 0.1) is 42.0 Å². The molecule has 1 aliphatic heterocycles. The summed E-state index contributed by atoms with van der Waals surface area (Å²) in [4.78, 5) is 60.2. The number of nitro benzene ring substituents is 1. The van der Waals surface area contributed by atoms with E-state index in [1.54, 1.807) is 84.9 Å². The third kappa shape index (κ3) is 7.72. The molecule has 16 heteroatoms. The van der Waals surface area contributed by atoms with Gasteiger partial charge in [0.15, 0.2) is 9.45 Å². The molecule has 0 bridgehead atoms. The summed E-state index contributed by atoms with van der Waals surface area (Å²) in [6.45, 7) is 3.62. The molecule has 274 valence electrons. The van der Waals surface area contributed by atoms with Crippen LogP contribution in [0.2, 0.25) is 15.1 Å². The molecule has 7 rings (SSSR count). The van der Waals surface area contributed by atoms with Crippen molar-refractivity contribution in [2.24, 2.45) is 0 Å². The number of thiazole rings is 1. The SMILES string of the molecule is Cc1ccc(N2C(=O)C(=Cc3ccc(Sc4nc5ccc(NC(=O)c6ccccc6Cl)cc5s4)c([N+](=O)[O-])c3)C(=O)N(c3ccc(C)c(Cl)c3)C2=S)cc1Cl. The lowest BCUT2D eigenvalue weighted by Crippen LogP contribution is -2.57. The second kappa shape index (κ2) is 15.5. The quantitative estimate of drug-likeness (QED) is 0.0528. The second-order valence-corrected chi connectivity index (χ2v) is 16.1. The molecule has 0 atom stereocenters. The van der Waals surface area contributed by atoms with E-state index in [-0.39, 0.29) is 32.7 Å². The van der Waals surface area contributed by atoms with Crippen molar-refractivity contribution in [1.82, 2.24) is 4.98 Å². The number of rotatable bonds is 8. The first-order chi connectivity index (χ1) is 26.3. The largest absolute Gasteiger partial charge is 0.322 e. The van der Waals surface area contributed by atoms with Gasteiger partial charge in [0, 0.05) is 21.8 Å². The van der Waals surface area contributed by atoms with Crippen molar-refractivity contribution < 1.29 is 19.3 Å². The van der Waals surface area contributed by atoms with E-state index in [2.05, 4.69) is 10.3 Å². The predicted octanol–water partition coefficient (Wildman–Crippen LogP) is 10.9. The van der Waals surface area contributed by atoms with Crippen molar-refractivity contribution >= 4 is 132 Å². The molecule has 0 spiro atoms. The minimum Gasteiger partial charge on any atom is -0.322 e. The molecule has 1 aliphatic rings. The Morgan fingerprint density at radius 2 is 1.49 bits per heavy atom. The van der Waals surface area contributed by atoms with Crippen molar-refractivity contribution in [3.8, 4) is 0 Å². The highest BCUT2D eigenvalue weighted by Crippen LogP contribution is 2.41. The van der Waals surface area contributed by atoms with E-state index in [1.807, 2.05) is 13.8 Å². The third-order valence-electron chi connectivity index (χ3n) is 8.51. The summed E-state index contributed by atoms with van der Waals surface area (Å²) < 4.78 is 1.26. The molecule has 0 radical (unpaired) electrons. The van der Waals surface area contributed by atoms with Gasteiger partial charge in [-0.1, -0.05) is 76.9 Å². The smallest absolute Gasteiger partial charge is 0.283 e. The minimum atomic E-state index is -0.734. The summed E-state index contributed by atoms with van der Waals surface area (Å²) in [7, 11) is 0. The number of thiocarbonyl (C=S) groups is 1. The van der Waals surface area contributed by atoms with E-state index in [4.69, 9.17) is 47.0 Å². The molecule has 1 fully saturated rings. The van der Waals surface area contributed by atoms with E-state index in [0.29, 0.717) is 47.5 Å². The molecule has 6 aromatic rings. The Bertz CT molecular complexity index is 2590. The number of nitrogens with one attached hydrogen (secondary N) is 1. The van der Waals surface area contributed by atoms with E-state index in [9.17, 15) is 24.5 Å². The molecule has 1 N–H and O–H groups in total. The normalized spacial score (nSPS) is 13.1.